The normalized spacial score (nSPS) is 14.2. The summed E-state index contributed by atoms with van der Waals surface area (Å²) in [6.07, 6.45) is 1.16. The summed E-state index contributed by atoms with van der Waals surface area (Å²) >= 11 is 5.69. The summed E-state index contributed by atoms with van der Waals surface area (Å²) in [4.78, 5) is -0.711. The monoisotopic (exact) mass is 498 g/mol. The molecular weight excluding hydrogens is 482 g/mol. The number of nitrogens with one attached hydrogen (secondary N) is 1. The molecule has 0 bridgehead atoms. The van der Waals surface area contributed by atoms with Gasteiger partial charge in [-0.25, -0.2) is 25.6 Å². The standard InChI is InChI=1S/C21H17ClF2N2O4S2/c22-18-4-1-5-20(21(18)24)31(27,28)25-16-9-6-14-3-2-12-26(19(14)13-16)32(29,30)17-10-7-15(23)8-11-17/h1,4-11,13,25H,2-3,12H2. The van der Waals surface area contributed by atoms with Gasteiger partial charge < -0.3 is 0 Å². The zero-order valence-corrected chi connectivity index (χ0v) is 18.8. The van der Waals surface area contributed by atoms with Crippen molar-refractivity contribution in [3.8, 4) is 0 Å². The molecule has 0 radical (unpaired) electrons. The van der Waals surface area contributed by atoms with E-state index in [1.807, 2.05) is 0 Å². The summed E-state index contributed by atoms with van der Waals surface area (Å²) in [5.74, 6) is -1.65. The Labute approximate surface area is 189 Å². The second kappa shape index (κ2) is 8.34. The maximum absolute atomic E-state index is 14.2. The molecule has 0 aliphatic carbocycles. The lowest BCUT2D eigenvalue weighted by Gasteiger charge is -2.31. The molecule has 6 nitrogen and oxygen atoms in total. The van der Waals surface area contributed by atoms with Crippen molar-refractivity contribution in [1.29, 1.82) is 0 Å². The number of benzene rings is 3. The summed E-state index contributed by atoms with van der Waals surface area (Å²) in [6, 6.07) is 12.6. The second-order valence-corrected chi connectivity index (χ2v) is 11.1. The van der Waals surface area contributed by atoms with Gasteiger partial charge in [0, 0.05) is 6.54 Å². The number of nitrogens with zero attached hydrogens (tertiary/aromatic N) is 1. The first-order chi connectivity index (χ1) is 15.1. The fourth-order valence-electron chi connectivity index (χ4n) is 3.49. The molecule has 1 aliphatic heterocycles. The molecule has 0 fully saturated rings. The minimum absolute atomic E-state index is 0.0596. The van der Waals surface area contributed by atoms with Crippen LogP contribution >= 0.6 is 11.6 Å². The molecule has 0 atom stereocenters. The molecule has 0 unspecified atom stereocenters. The molecule has 0 spiro atoms. The second-order valence-electron chi connectivity index (χ2n) is 7.14. The molecule has 168 valence electrons. The maximum Gasteiger partial charge on any atom is 0.264 e. The number of hydrogen-bond acceptors (Lipinski definition) is 4. The van der Waals surface area contributed by atoms with Gasteiger partial charge in [-0.05, 0) is 66.9 Å². The Bertz CT molecular complexity index is 1400. The lowest BCUT2D eigenvalue weighted by atomic mass is 10.0. The van der Waals surface area contributed by atoms with E-state index in [4.69, 9.17) is 11.6 Å². The summed E-state index contributed by atoms with van der Waals surface area (Å²) in [5, 5.41) is -0.338. The highest BCUT2D eigenvalue weighted by molar-refractivity contribution is 7.93. The topological polar surface area (TPSA) is 83.6 Å². The Morgan fingerprint density at radius 2 is 1.66 bits per heavy atom. The van der Waals surface area contributed by atoms with E-state index >= 15 is 0 Å². The van der Waals surface area contributed by atoms with Crippen LogP contribution in [0.2, 0.25) is 5.02 Å². The lowest BCUT2D eigenvalue weighted by molar-refractivity contribution is 0.570. The lowest BCUT2D eigenvalue weighted by Crippen LogP contribution is -2.35. The summed E-state index contributed by atoms with van der Waals surface area (Å²) in [5.41, 5.74) is 1.07. The average molecular weight is 499 g/mol. The van der Waals surface area contributed by atoms with E-state index in [2.05, 4.69) is 4.72 Å². The highest BCUT2D eigenvalue weighted by atomic mass is 35.5. The minimum Gasteiger partial charge on any atom is -0.279 e. The first-order valence-electron chi connectivity index (χ1n) is 9.48. The van der Waals surface area contributed by atoms with Crippen LogP contribution in [0.4, 0.5) is 20.2 Å². The zero-order valence-electron chi connectivity index (χ0n) is 16.4. The smallest absolute Gasteiger partial charge is 0.264 e. The fraction of sp³-hybridized carbons (Fsp3) is 0.143. The fourth-order valence-corrected chi connectivity index (χ4v) is 6.40. The van der Waals surface area contributed by atoms with E-state index < -0.39 is 36.6 Å². The van der Waals surface area contributed by atoms with Crippen LogP contribution in [-0.4, -0.2) is 23.4 Å². The van der Waals surface area contributed by atoms with Crippen LogP contribution in [0.5, 0.6) is 0 Å². The minimum atomic E-state index is -4.32. The largest absolute Gasteiger partial charge is 0.279 e. The van der Waals surface area contributed by atoms with Gasteiger partial charge in [0.25, 0.3) is 20.0 Å². The van der Waals surface area contributed by atoms with Crippen molar-refractivity contribution >= 4 is 43.0 Å². The number of rotatable bonds is 5. The molecule has 32 heavy (non-hydrogen) atoms. The van der Waals surface area contributed by atoms with Crippen LogP contribution in [0.3, 0.4) is 0 Å². The van der Waals surface area contributed by atoms with Crippen molar-refractivity contribution in [2.24, 2.45) is 0 Å². The predicted molar refractivity (Wildman–Crippen MR) is 118 cm³/mol. The molecule has 0 saturated heterocycles. The first kappa shape index (κ1) is 22.5. The van der Waals surface area contributed by atoms with E-state index in [1.54, 1.807) is 6.07 Å². The molecule has 0 amide bonds. The molecule has 1 N–H and O–H groups in total. The molecule has 0 aromatic heterocycles. The molecule has 1 aliphatic rings. The third-order valence-electron chi connectivity index (χ3n) is 5.02. The van der Waals surface area contributed by atoms with Crippen LogP contribution in [0, 0.1) is 11.6 Å². The third kappa shape index (κ3) is 4.17. The van der Waals surface area contributed by atoms with Gasteiger partial charge in [-0.1, -0.05) is 23.7 Å². The van der Waals surface area contributed by atoms with E-state index in [1.165, 1.54) is 36.4 Å². The van der Waals surface area contributed by atoms with Crippen molar-refractivity contribution in [2.75, 3.05) is 15.6 Å². The number of halogens is 3. The van der Waals surface area contributed by atoms with Gasteiger partial charge in [-0.2, -0.15) is 0 Å². The van der Waals surface area contributed by atoms with Gasteiger partial charge in [-0.3, -0.25) is 9.03 Å². The Kier molecular flexibility index (Phi) is 5.87. The molecule has 0 saturated carbocycles. The van der Waals surface area contributed by atoms with Crippen LogP contribution in [-0.2, 0) is 26.5 Å². The van der Waals surface area contributed by atoms with E-state index in [-0.39, 0.29) is 22.2 Å². The number of aryl methyl sites for hydroxylation is 1. The molecule has 3 aromatic carbocycles. The molecule has 1 heterocycles. The predicted octanol–water partition coefficient (Wildman–Crippen LogP) is 4.56. The highest BCUT2D eigenvalue weighted by Gasteiger charge is 2.30. The molecule has 4 rings (SSSR count). The Morgan fingerprint density at radius 3 is 2.38 bits per heavy atom. The van der Waals surface area contributed by atoms with Crippen LogP contribution in [0.25, 0.3) is 0 Å². The Morgan fingerprint density at radius 1 is 0.938 bits per heavy atom. The number of fused-ring (bicyclic) bond motifs is 1. The zero-order chi connectivity index (χ0) is 23.1. The molecule has 11 heteroatoms. The Hall–Kier alpha value is -2.69. The maximum atomic E-state index is 14.2. The van der Waals surface area contributed by atoms with Crippen LogP contribution < -0.4 is 9.03 Å². The number of anilines is 2. The summed E-state index contributed by atoms with van der Waals surface area (Å²) in [6.45, 7) is 0.172. The third-order valence-corrected chi connectivity index (χ3v) is 8.54. The van der Waals surface area contributed by atoms with Gasteiger partial charge in [0.2, 0.25) is 0 Å². The van der Waals surface area contributed by atoms with Crippen LogP contribution in [0.15, 0.2) is 70.5 Å². The number of sulfonamides is 2. The average Bonchev–Trinajstić information content (AvgIpc) is 2.75. The van der Waals surface area contributed by atoms with Crippen molar-refractivity contribution in [3.63, 3.8) is 0 Å². The quantitative estimate of drug-likeness (QED) is 0.559. The SMILES string of the molecule is O=S(=O)(Nc1ccc2c(c1)N(S(=O)(=O)c1ccc(F)cc1)CCC2)c1cccc(Cl)c1F. The molecular formula is C21H17ClF2N2O4S2. The first-order valence-corrected chi connectivity index (χ1v) is 12.8. The van der Waals surface area contributed by atoms with Crippen molar-refractivity contribution in [1.82, 2.24) is 0 Å². The van der Waals surface area contributed by atoms with E-state index in [0.29, 0.717) is 24.1 Å². The van der Waals surface area contributed by atoms with Gasteiger partial charge in [-0.15, -0.1) is 0 Å². The summed E-state index contributed by atoms with van der Waals surface area (Å²) in [7, 11) is -8.33. The van der Waals surface area contributed by atoms with Crippen molar-refractivity contribution < 1.29 is 25.6 Å². The summed E-state index contributed by atoms with van der Waals surface area (Å²) < 4.78 is 82.7. The Balaban J connectivity index is 1.72. The van der Waals surface area contributed by atoms with Gasteiger partial charge in [0.1, 0.15) is 10.7 Å². The van der Waals surface area contributed by atoms with Crippen molar-refractivity contribution in [2.45, 2.75) is 22.6 Å². The number of hydrogen-bond donors (Lipinski definition) is 1. The van der Waals surface area contributed by atoms with Crippen molar-refractivity contribution in [3.05, 3.63) is 82.9 Å². The van der Waals surface area contributed by atoms with Gasteiger partial charge in [0.05, 0.1) is 21.3 Å². The van der Waals surface area contributed by atoms with E-state index in [0.717, 1.165) is 22.5 Å². The van der Waals surface area contributed by atoms with E-state index in [9.17, 15) is 25.6 Å². The molecule has 3 aromatic rings. The van der Waals surface area contributed by atoms with Gasteiger partial charge >= 0.3 is 0 Å². The highest BCUT2D eigenvalue weighted by Crippen LogP contribution is 2.35. The van der Waals surface area contributed by atoms with Crippen LogP contribution in [0.1, 0.15) is 12.0 Å². The van der Waals surface area contributed by atoms with Gasteiger partial charge in [0.15, 0.2) is 5.82 Å².